The fourth-order valence-corrected chi connectivity index (χ4v) is 6.99. The van der Waals surface area contributed by atoms with E-state index in [2.05, 4.69) is 13.5 Å². The highest BCUT2D eigenvalue weighted by Crippen LogP contribution is 2.65. The van der Waals surface area contributed by atoms with Gasteiger partial charge < -0.3 is 18.9 Å². The minimum Gasteiger partial charge on any atom is -0.359 e. The molecule has 1 spiro atoms. The third-order valence-electron chi connectivity index (χ3n) is 8.37. The summed E-state index contributed by atoms with van der Waals surface area (Å²) in [4.78, 5) is 12.8. The zero-order valence-electron chi connectivity index (χ0n) is 17.5. The second kappa shape index (κ2) is 8.17. The van der Waals surface area contributed by atoms with Crippen molar-refractivity contribution in [3.8, 4) is 0 Å². The molecule has 28 heavy (non-hydrogen) atoms. The van der Waals surface area contributed by atoms with Crippen LogP contribution in [-0.4, -0.2) is 44.8 Å². The van der Waals surface area contributed by atoms with Gasteiger partial charge in [0.25, 0.3) is 0 Å². The minimum absolute atomic E-state index is 0.0444. The molecular formula is C23H36O5. The van der Waals surface area contributed by atoms with Gasteiger partial charge in [-0.3, -0.25) is 4.79 Å². The first-order valence-electron chi connectivity index (χ1n) is 11.1. The molecular weight excluding hydrogens is 356 g/mol. The van der Waals surface area contributed by atoms with Gasteiger partial charge in [-0.15, -0.1) is 6.58 Å². The Morgan fingerprint density at radius 3 is 2.71 bits per heavy atom. The average Bonchev–Trinajstić information content (AvgIpc) is 3.29. The van der Waals surface area contributed by atoms with Gasteiger partial charge >= 0.3 is 0 Å². The Morgan fingerprint density at radius 1 is 1.21 bits per heavy atom. The average molecular weight is 393 g/mol. The lowest BCUT2D eigenvalue weighted by Crippen LogP contribution is -2.53. The molecule has 1 heterocycles. The monoisotopic (exact) mass is 392 g/mol. The first-order valence-corrected chi connectivity index (χ1v) is 11.1. The molecule has 1 aliphatic heterocycles. The molecule has 0 amide bonds. The first kappa shape index (κ1) is 20.5. The van der Waals surface area contributed by atoms with Crippen molar-refractivity contribution in [1.29, 1.82) is 0 Å². The van der Waals surface area contributed by atoms with Gasteiger partial charge in [0.2, 0.25) is 0 Å². The van der Waals surface area contributed by atoms with Crippen LogP contribution in [0.15, 0.2) is 12.7 Å². The largest absolute Gasteiger partial charge is 0.359 e. The molecule has 5 unspecified atom stereocenters. The minimum atomic E-state index is -0.360. The van der Waals surface area contributed by atoms with Crippen LogP contribution in [0, 0.1) is 29.1 Å². The Hall–Kier alpha value is -0.750. The molecule has 0 N–H and O–H groups in total. The summed E-state index contributed by atoms with van der Waals surface area (Å²) in [6.45, 7) is 7.99. The van der Waals surface area contributed by atoms with Crippen molar-refractivity contribution in [2.75, 3.05) is 27.1 Å². The third kappa shape index (κ3) is 3.28. The van der Waals surface area contributed by atoms with Gasteiger partial charge in [-0.25, -0.2) is 0 Å². The van der Waals surface area contributed by atoms with E-state index >= 15 is 0 Å². The van der Waals surface area contributed by atoms with Crippen LogP contribution in [-0.2, 0) is 23.7 Å². The van der Waals surface area contributed by atoms with Crippen LogP contribution in [0.5, 0.6) is 0 Å². The summed E-state index contributed by atoms with van der Waals surface area (Å²) in [7, 11) is 1.63. The van der Waals surface area contributed by atoms with Crippen molar-refractivity contribution >= 4 is 5.78 Å². The van der Waals surface area contributed by atoms with Crippen molar-refractivity contribution in [2.45, 2.75) is 70.2 Å². The maximum Gasteiger partial charge on any atom is 0.174 e. The molecule has 0 aromatic heterocycles. The zero-order valence-corrected chi connectivity index (χ0v) is 17.5. The fraction of sp³-hybridized carbons (Fsp3) is 0.870. The number of Topliss-reactive ketones (excluding diaryl/α,β-unsaturated/α-hetero) is 1. The summed E-state index contributed by atoms with van der Waals surface area (Å²) in [5.74, 6) is 2.00. The quantitative estimate of drug-likeness (QED) is 0.482. The van der Waals surface area contributed by atoms with Gasteiger partial charge in [-0.05, 0) is 56.3 Å². The maximum absolute atomic E-state index is 12.8. The summed E-state index contributed by atoms with van der Waals surface area (Å²) in [5, 5.41) is 0. The summed E-state index contributed by atoms with van der Waals surface area (Å²) in [6, 6.07) is 0. The van der Waals surface area contributed by atoms with E-state index in [1.54, 1.807) is 7.11 Å². The Bertz CT molecular complexity index is 584. The molecule has 0 aromatic carbocycles. The molecule has 5 heteroatoms. The van der Waals surface area contributed by atoms with Crippen LogP contribution in [0.2, 0.25) is 0 Å². The summed E-state index contributed by atoms with van der Waals surface area (Å²) < 4.78 is 23.1. The number of carbonyl (C=O) groups excluding carboxylic acids is 1. The number of rotatable bonds is 7. The molecule has 4 rings (SSSR count). The van der Waals surface area contributed by atoms with Gasteiger partial charge in [0, 0.05) is 31.3 Å². The van der Waals surface area contributed by atoms with Crippen molar-refractivity contribution in [3.05, 3.63) is 12.7 Å². The molecule has 3 aliphatic carbocycles. The Labute approximate surface area is 169 Å². The number of hydrogen-bond acceptors (Lipinski definition) is 5. The number of carbonyl (C=O) groups is 1. The van der Waals surface area contributed by atoms with Gasteiger partial charge in [0.1, 0.15) is 12.6 Å². The number of fused-ring (bicyclic) bond motifs is 4. The van der Waals surface area contributed by atoms with E-state index in [4.69, 9.17) is 18.9 Å². The standard InChI is InChI=1S/C23H36O5/c1-4-16(26-15-25-3)5-6-19-17-9-11-22(2)20(18(17)7-8-21(19)24)10-12-23(22)27-13-14-28-23/h4,16-20H,1,5-15H2,2-3H3/t16?,17?,18?,19?,20?,22-/m1/s1. The van der Waals surface area contributed by atoms with E-state index in [-0.39, 0.29) is 30.0 Å². The molecule has 0 radical (unpaired) electrons. The normalized spacial score (nSPS) is 40.3. The van der Waals surface area contributed by atoms with E-state index in [1.807, 2.05) is 6.08 Å². The van der Waals surface area contributed by atoms with Crippen LogP contribution < -0.4 is 0 Å². The molecule has 1 saturated heterocycles. The highest BCUT2D eigenvalue weighted by molar-refractivity contribution is 5.82. The number of ketones is 1. The highest BCUT2D eigenvalue weighted by atomic mass is 16.7. The van der Waals surface area contributed by atoms with Crippen LogP contribution >= 0.6 is 0 Å². The highest BCUT2D eigenvalue weighted by Gasteiger charge is 2.65. The predicted molar refractivity (Wildman–Crippen MR) is 106 cm³/mol. The van der Waals surface area contributed by atoms with E-state index < -0.39 is 0 Å². The van der Waals surface area contributed by atoms with Gasteiger partial charge in [0.05, 0.1) is 19.3 Å². The van der Waals surface area contributed by atoms with Crippen LogP contribution in [0.4, 0.5) is 0 Å². The Balaban J connectivity index is 1.46. The van der Waals surface area contributed by atoms with Crippen molar-refractivity contribution in [1.82, 2.24) is 0 Å². The number of hydrogen-bond donors (Lipinski definition) is 0. The van der Waals surface area contributed by atoms with Crippen LogP contribution in [0.3, 0.4) is 0 Å². The second-order valence-corrected chi connectivity index (χ2v) is 9.42. The van der Waals surface area contributed by atoms with E-state index in [0.29, 0.717) is 23.5 Å². The summed E-state index contributed by atoms with van der Waals surface area (Å²) in [6.07, 6.45) is 9.69. The molecule has 3 saturated carbocycles. The molecule has 4 aliphatic rings. The summed E-state index contributed by atoms with van der Waals surface area (Å²) in [5.41, 5.74) is 0.0980. The molecule has 158 valence electrons. The smallest absolute Gasteiger partial charge is 0.174 e. The Morgan fingerprint density at radius 2 is 2.00 bits per heavy atom. The molecule has 6 atom stereocenters. The van der Waals surface area contributed by atoms with Gasteiger partial charge in [0.15, 0.2) is 5.79 Å². The lowest BCUT2D eigenvalue weighted by Gasteiger charge is -2.54. The maximum atomic E-state index is 12.8. The van der Waals surface area contributed by atoms with E-state index in [0.717, 1.165) is 58.2 Å². The van der Waals surface area contributed by atoms with Gasteiger partial charge in [-0.1, -0.05) is 13.0 Å². The SMILES string of the molecule is C=CC(CCC1C(=O)CCC2C1CC[C@]1(C)C2CCC12OCCO2)OCOC. The lowest BCUT2D eigenvalue weighted by atomic mass is 9.53. The fourth-order valence-electron chi connectivity index (χ4n) is 6.99. The first-order chi connectivity index (χ1) is 13.5. The van der Waals surface area contributed by atoms with Crippen molar-refractivity contribution in [3.63, 3.8) is 0 Å². The predicted octanol–water partition coefficient (Wildman–Crippen LogP) is 4.11. The molecule has 0 aromatic rings. The second-order valence-electron chi connectivity index (χ2n) is 9.42. The van der Waals surface area contributed by atoms with Gasteiger partial charge in [-0.2, -0.15) is 0 Å². The van der Waals surface area contributed by atoms with Crippen molar-refractivity contribution < 1.29 is 23.7 Å². The van der Waals surface area contributed by atoms with Crippen LogP contribution in [0.25, 0.3) is 0 Å². The lowest BCUT2D eigenvalue weighted by molar-refractivity contribution is -0.241. The topological polar surface area (TPSA) is 54.0 Å². The van der Waals surface area contributed by atoms with Crippen LogP contribution in [0.1, 0.15) is 58.3 Å². The molecule has 0 bridgehead atoms. The molecule has 5 nitrogen and oxygen atoms in total. The number of methoxy groups -OCH3 is 1. The van der Waals surface area contributed by atoms with E-state index in [1.165, 1.54) is 6.42 Å². The molecule has 4 fully saturated rings. The number of ether oxygens (including phenoxy) is 4. The van der Waals surface area contributed by atoms with Crippen molar-refractivity contribution in [2.24, 2.45) is 29.1 Å². The third-order valence-corrected chi connectivity index (χ3v) is 8.37. The summed E-state index contributed by atoms with van der Waals surface area (Å²) >= 11 is 0. The zero-order chi connectivity index (χ0) is 19.8. The Kier molecular flexibility index (Phi) is 5.99. The van der Waals surface area contributed by atoms with E-state index in [9.17, 15) is 4.79 Å².